The minimum Gasteiger partial charge on any atom is -0.467 e. The monoisotopic (exact) mass is 292 g/mol. The summed E-state index contributed by atoms with van der Waals surface area (Å²) in [5.41, 5.74) is 5.84. The second kappa shape index (κ2) is 8.23. The summed E-state index contributed by atoms with van der Waals surface area (Å²) in [7, 11) is 0. The fourth-order valence-corrected chi connectivity index (χ4v) is 1.78. The van der Waals surface area contributed by atoms with Gasteiger partial charge in [-0.15, -0.1) is 0 Å². The Morgan fingerprint density at radius 2 is 2.43 bits per heavy atom. The molecule has 0 atom stereocenters. The maximum absolute atomic E-state index is 11.8. The van der Waals surface area contributed by atoms with Crippen LogP contribution >= 0.6 is 0 Å². The number of nitrogens with zero attached hydrogens (tertiary/aromatic N) is 2. The zero-order chi connectivity index (χ0) is 14.9. The Balaban J connectivity index is 1.58. The lowest BCUT2D eigenvalue weighted by Gasteiger charge is -2.04. The maximum Gasteiger partial charge on any atom is 0.271 e. The van der Waals surface area contributed by atoms with E-state index < -0.39 is 0 Å². The summed E-state index contributed by atoms with van der Waals surface area (Å²) in [6.45, 7) is 2.72. The first-order valence-corrected chi connectivity index (χ1v) is 6.90. The molecule has 1 amide bonds. The molecule has 7 heteroatoms. The summed E-state index contributed by atoms with van der Waals surface area (Å²) < 4.78 is 12.4. The number of carbonyl (C=O) groups is 1. The molecule has 3 N–H and O–H groups in total. The van der Waals surface area contributed by atoms with Crippen molar-refractivity contribution in [2.45, 2.75) is 19.6 Å². The van der Waals surface area contributed by atoms with Gasteiger partial charge in [0.05, 0.1) is 12.6 Å². The van der Waals surface area contributed by atoms with E-state index in [1.54, 1.807) is 23.4 Å². The largest absolute Gasteiger partial charge is 0.467 e. The molecule has 0 fully saturated rings. The van der Waals surface area contributed by atoms with Gasteiger partial charge in [0.25, 0.3) is 5.91 Å². The molecule has 0 saturated heterocycles. The molecule has 0 radical (unpaired) electrons. The summed E-state index contributed by atoms with van der Waals surface area (Å²) >= 11 is 0. The van der Waals surface area contributed by atoms with Crippen LogP contribution in [-0.4, -0.2) is 35.2 Å². The molecule has 2 aromatic heterocycles. The smallest absolute Gasteiger partial charge is 0.271 e. The number of amides is 1. The molecule has 2 rings (SSSR count). The van der Waals surface area contributed by atoms with E-state index in [9.17, 15) is 4.79 Å². The summed E-state index contributed by atoms with van der Waals surface area (Å²) in [5.74, 6) is 0.612. The number of imidazole rings is 1. The van der Waals surface area contributed by atoms with Gasteiger partial charge < -0.3 is 24.8 Å². The Morgan fingerprint density at radius 1 is 1.52 bits per heavy atom. The molecule has 0 aromatic carbocycles. The van der Waals surface area contributed by atoms with Crippen LogP contribution in [0.15, 0.2) is 35.3 Å². The van der Waals surface area contributed by atoms with Crippen molar-refractivity contribution in [3.8, 4) is 0 Å². The van der Waals surface area contributed by atoms with Gasteiger partial charge >= 0.3 is 0 Å². The van der Waals surface area contributed by atoms with Gasteiger partial charge in [0, 0.05) is 32.4 Å². The van der Waals surface area contributed by atoms with Gasteiger partial charge in [-0.2, -0.15) is 0 Å². The van der Waals surface area contributed by atoms with E-state index >= 15 is 0 Å². The van der Waals surface area contributed by atoms with Crippen LogP contribution < -0.4 is 11.1 Å². The highest BCUT2D eigenvalue weighted by Gasteiger charge is 2.08. The van der Waals surface area contributed by atoms with Crippen molar-refractivity contribution in [3.05, 3.63) is 42.4 Å². The lowest BCUT2D eigenvalue weighted by Crippen LogP contribution is -2.25. The molecule has 0 aliphatic heterocycles. The molecule has 114 valence electrons. The first-order valence-electron chi connectivity index (χ1n) is 6.90. The summed E-state index contributed by atoms with van der Waals surface area (Å²) in [6, 6.07) is 3.68. The van der Waals surface area contributed by atoms with E-state index in [1.807, 2.05) is 12.1 Å². The fourth-order valence-electron chi connectivity index (χ4n) is 1.78. The van der Waals surface area contributed by atoms with Gasteiger partial charge in [0.1, 0.15) is 18.1 Å². The van der Waals surface area contributed by atoms with Crippen LogP contribution in [0.25, 0.3) is 0 Å². The van der Waals surface area contributed by atoms with Crippen molar-refractivity contribution in [1.29, 1.82) is 0 Å². The minimum atomic E-state index is -0.184. The van der Waals surface area contributed by atoms with Crippen molar-refractivity contribution in [2.24, 2.45) is 5.73 Å². The summed E-state index contributed by atoms with van der Waals surface area (Å²) in [4.78, 5) is 15.8. The topological polar surface area (TPSA) is 95.3 Å². The number of aromatic nitrogens is 2. The molecular formula is C14H20N4O3. The molecule has 21 heavy (non-hydrogen) atoms. The average Bonchev–Trinajstić information content (AvgIpc) is 3.14. The third kappa shape index (κ3) is 5.05. The normalized spacial score (nSPS) is 10.7. The highest BCUT2D eigenvalue weighted by atomic mass is 16.5. The summed E-state index contributed by atoms with van der Waals surface area (Å²) in [5, 5.41) is 2.80. The first kappa shape index (κ1) is 15.3. The van der Waals surface area contributed by atoms with E-state index in [4.69, 9.17) is 14.9 Å². The molecule has 7 nitrogen and oxygen atoms in total. The zero-order valence-corrected chi connectivity index (χ0v) is 11.8. The van der Waals surface area contributed by atoms with Crippen molar-refractivity contribution in [2.75, 3.05) is 19.7 Å². The van der Waals surface area contributed by atoms with E-state index in [0.717, 1.165) is 12.2 Å². The predicted octanol–water partition coefficient (Wildman–Crippen LogP) is 0.772. The second-order valence-corrected chi connectivity index (χ2v) is 4.53. The maximum atomic E-state index is 11.8. The van der Waals surface area contributed by atoms with Crippen molar-refractivity contribution in [3.63, 3.8) is 0 Å². The number of nitrogens with two attached hydrogens (primary N) is 1. The van der Waals surface area contributed by atoms with Gasteiger partial charge in [-0.25, -0.2) is 4.98 Å². The van der Waals surface area contributed by atoms with E-state index in [0.29, 0.717) is 38.5 Å². The van der Waals surface area contributed by atoms with Crippen LogP contribution in [-0.2, 0) is 17.9 Å². The molecule has 0 spiro atoms. The van der Waals surface area contributed by atoms with Crippen LogP contribution in [0.3, 0.4) is 0 Å². The molecule has 0 saturated carbocycles. The molecule has 0 bridgehead atoms. The van der Waals surface area contributed by atoms with Crippen LogP contribution in [0, 0.1) is 0 Å². The molecular weight excluding hydrogens is 272 g/mol. The van der Waals surface area contributed by atoms with Crippen LogP contribution in [0.1, 0.15) is 22.7 Å². The zero-order valence-electron chi connectivity index (χ0n) is 11.8. The Kier molecular flexibility index (Phi) is 5.99. The first-order chi connectivity index (χ1) is 10.3. The van der Waals surface area contributed by atoms with Crippen LogP contribution in [0.4, 0.5) is 0 Å². The van der Waals surface area contributed by atoms with Gasteiger partial charge in [-0.1, -0.05) is 0 Å². The fraction of sp³-hybridized carbons (Fsp3) is 0.429. The van der Waals surface area contributed by atoms with Crippen molar-refractivity contribution in [1.82, 2.24) is 14.9 Å². The third-order valence-corrected chi connectivity index (χ3v) is 2.83. The third-order valence-electron chi connectivity index (χ3n) is 2.83. The number of carbonyl (C=O) groups excluding carboxylic acids is 1. The van der Waals surface area contributed by atoms with E-state index in [1.165, 1.54) is 0 Å². The Morgan fingerprint density at radius 3 is 3.19 bits per heavy atom. The summed E-state index contributed by atoms with van der Waals surface area (Å²) in [6.07, 6.45) is 5.64. The van der Waals surface area contributed by atoms with Gasteiger partial charge in [-0.05, 0) is 18.6 Å². The Hall–Kier alpha value is -2.12. The number of hydrogen-bond acceptors (Lipinski definition) is 5. The highest BCUT2D eigenvalue weighted by Crippen LogP contribution is 2.01. The van der Waals surface area contributed by atoms with Crippen molar-refractivity contribution >= 4 is 5.91 Å². The number of furan rings is 1. The van der Waals surface area contributed by atoms with Gasteiger partial charge in [0.2, 0.25) is 0 Å². The van der Waals surface area contributed by atoms with Gasteiger partial charge in [-0.3, -0.25) is 4.79 Å². The van der Waals surface area contributed by atoms with Crippen LogP contribution in [0.2, 0.25) is 0 Å². The highest BCUT2D eigenvalue weighted by molar-refractivity contribution is 5.91. The van der Waals surface area contributed by atoms with Gasteiger partial charge in [0.15, 0.2) is 0 Å². The Bertz CT molecular complexity index is 536. The second-order valence-electron chi connectivity index (χ2n) is 4.53. The standard InChI is InChI=1S/C14H20N4O3/c15-4-6-18-9-13(17-11-18)14(19)16-5-2-7-20-10-12-3-1-8-21-12/h1,3,8-9,11H,2,4-7,10,15H2,(H,16,19). The lowest BCUT2D eigenvalue weighted by atomic mass is 10.4. The predicted molar refractivity (Wildman–Crippen MR) is 76.6 cm³/mol. The number of nitrogens with one attached hydrogen (secondary N) is 1. The molecule has 0 unspecified atom stereocenters. The minimum absolute atomic E-state index is 0.184. The molecule has 0 aliphatic rings. The molecule has 0 aliphatic carbocycles. The number of ether oxygens (including phenoxy) is 1. The number of hydrogen-bond donors (Lipinski definition) is 2. The number of rotatable bonds is 9. The molecule has 2 heterocycles. The molecule has 2 aromatic rings. The van der Waals surface area contributed by atoms with E-state index in [-0.39, 0.29) is 5.91 Å². The Labute approximate surface area is 123 Å². The lowest BCUT2D eigenvalue weighted by molar-refractivity contribution is 0.0913. The average molecular weight is 292 g/mol. The van der Waals surface area contributed by atoms with Crippen LogP contribution in [0.5, 0.6) is 0 Å². The SMILES string of the molecule is NCCn1cnc(C(=O)NCCCOCc2ccco2)c1. The van der Waals surface area contributed by atoms with E-state index in [2.05, 4.69) is 10.3 Å². The quantitative estimate of drug-likeness (QED) is 0.666. The van der Waals surface area contributed by atoms with Crippen molar-refractivity contribution < 1.29 is 13.9 Å².